The lowest BCUT2D eigenvalue weighted by atomic mass is 10.0. The van der Waals surface area contributed by atoms with Gasteiger partial charge in [0.25, 0.3) is 0 Å². The van der Waals surface area contributed by atoms with Gasteiger partial charge in [0.15, 0.2) is 11.6 Å². The molecule has 9 rings (SSSR count). The summed E-state index contributed by atoms with van der Waals surface area (Å²) < 4.78 is 84.7. The van der Waals surface area contributed by atoms with E-state index in [0.29, 0.717) is 44.8 Å². The average molecular weight is 574 g/mol. The number of fused-ring (bicyclic) bond motifs is 6. The number of benzene rings is 6. The molecular weight excluding hydrogens is 540 g/mol. The summed E-state index contributed by atoms with van der Waals surface area (Å²) in [5, 5.41) is 2.17. The predicted molar refractivity (Wildman–Crippen MR) is 178 cm³/mol. The van der Waals surface area contributed by atoms with Gasteiger partial charge in [-0.3, -0.25) is 4.57 Å². The molecule has 0 bridgehead atoms. The minimum Gasteiger partial charge on any atom is -0.456 e. The highest BCUT2D eigenvalue weighted by molar-refractivity contribution is 6.12. The first-order valence-corrected chi connectivity index (χ1v) is 13.9. The molecule has 0 unspecified atom stereocenters. The van der Waals surface area contributed by atoms with Crippen molar-refractivity contribution in [1.29, 1.82) is 0 Å². The largest absolute Gasteiger partial charge is 0.456 e. The maximum Gasteiger partial charge on any atom is 0.238 e. The lowest BCUT2D eigenvalue weighted by molar-refractivity contribution is 0.669. The Hall–Kier alpha value is -6.07. The van der Waals surface area contributed by atoms with Gasteiger partial charge in [-0.15, -0.1) is 0 Å². The van der Waals surface area contributed by atoms with Gasteiger partial charge in [0.1, 0.15) is 11.2 Å². The summed E-state index contributed by atoms with van der Waals surface area (Å²) >= 11 is 0. The molecule has 9 aromatic rings. The van der Waals surface area contributed by atoms with Crippen molar-refractivity contribution in [1.82, 2.24) is 19.5 Å². The Kier molecular flexibility index (Phi) is 3.80. The van der Waals surface area contributed by atoms with Crippen molar-refractivity contribution in [2.75, 3.05) is 0 Å². The summed E-state index contributed by atoms with van der Waals surface area (Å²) in [6, 6.07) is 23.6. The van der Waals surface area contributed by atoms with Gasteiger partial charge in [-0.25, -0.2) is 4.98 Å². The second-order valence-corrected chi connectivity index (χ2v) is 10.2. The molecule has 0 aliphatic rings. The number of aromatic nitrogens is 4. The van der Waals surface area contributed by atoms with E-state index < -0.39 is 42.3 Å². The standard InChI is InChI=1S/C39H24N4O/c1-3-12-25(13-4-1)27-22-23-33-31(24-27)28-16-7-9-19-32(28)43(33)39-41-37(26-14-5-2-6-15-26)40-38(42-39)30-18-11-21-35-36(30)29-17-8-10-20-34(29)44-35/h1-24H/i1D,3D,4D,7D,9D,12D,13D,16D,19D. The fourth-order valence-electron chi connectivity index (χ4n) is 5.74. The van der Waals surface area contributed by atoms with Crippen LogP contribution >= 0.6 is 0 Å². The highest BCUT2D eigenvalue weighted by atomic mass is 16.3. The summed E-state index contributed by atoms with van der Waals surface area (Å²) in [7, 11) is 0. The molecule has 44 heavy (non-hydrogen) atoms. The number of rotatable bonds is 4. The Labute approximate surface area is 265 Å². The zero-order valence-corrected chi connectivity index (χ0v) is 22.9. The zero-order valence-electron chi connectivity index (χ0n) is 31.9. The van der Waals surface area contributed by atoms with Crippen molar-refractivity contribution in [3.05, 3.63) is 145 Å². The molecule has 0 saturated heterocycles. The molecule has 6 aromatic carbocycles. The Bertz CT molecular complexity index is 2990. The molecule has 0 radical (unpaired) electrons. The summed E-state index contributed by atoms with van der Waals surface area (Å²) in [6.07, 6.45) is 0. The molecule has 5 nitrogen and oxygen atoms in total. The lowest BCUT2D eigenvalue weighted by Crippen LogP contribution is -2.06. The maximum absolute atomic E-state index is 9.10. The Morgan fingerprint density at radius 1 is 0.523 bits per heavy atom. The second kappa shape index (κ2) is 9.75. The van der Waals surface area contributed by atoms with Crippen molar-refractivity contribution in [3.8, 4) is 39.9 Å². The van der Waals surface area contributed by atoms with Crippen LogP contribution in [0.3, 0.4) is 0 Å². The summed E-state index contributed by atoms with van der Waals surface area (Å²) in [5.41, 5.74) is 3.44. The van der Waals surface area contributed by atoms with Crippen molar-refractivity contribution >= 4 is 43.7 Å². The van der Waals surface area contributed by atoms with E-state index in [2.05, 4.69) is 0 Å². The van der Waals surface area contributed by atoms with Crippen molar-refractivity contribution in [2.24, 2.45) is 0 Å². The molecule has 0 aliphatic heterocycles. The van der Waals surface area contributed by atoms with Crippen LogP contribution in [0.15, 0.2) is 150 Å². The van der Waals surface area contributed by atoms with Gasteiger partial charge in [-0.1, -0.05) is 115 Å². The first-order valence-electron chi connectivity index (χ1n) is 18.4. The Morgan fingerprint density at radius 2 is 1.30 bits per heavy atom. The van der Waals surface area contributed by atoms with Gasteiger partial charge < -0.3 is 4.42 Å². The number of furan rings is 1. The van der Waals surface area contributed by atoms with Crippen LogP contribution < -0.4 is 0 Å². The van der Waals surface area contributed by atoms with E-state index in [4.69, 9.17) is 31.7 Å². The highest BCUT2D eigenvalue weighted by Crippen LogP contribution is 2.38. The quantitative estimate of drug-likeness (QED) is 0.210. The van der Waals surface area contributed by atoms with Crippen molar-refractivity contribution in [3.63, 3.8) is 0 Å². The van der Waals surface area contributed by atoms with Crippen LogP contribution in [0.5, 0.6) is 0 Å². The predicted octanol–water partition coefficient (Wildman–Crippen LogP) is 9.87. The third-order valence-electron chi connectivity index (χ3n) is 7.69. The summed E-state index contributed by atoms with van der Waals surface area (Å²) in [6.45, 7) is 0. The van der Waals surface area contributed by atoms with Crippen LogP contribution in [0, 0.1) is 0 Å². The normalized spacial score (nSPS) is 14.5. The van der Waals surface area contributed by atoms with E-state index in [-0.39, 0.29) is 40.1 Å². The fourth-order valence-corrected chi connectivity index (χ4v) is 5.74. The molecule has 0 amide bonds. The third-order valence-corrected chi connectivity index (χ3v) is 7.69. The number of hydrogen-bond donors (Lipinski definition) is 0. The van der Waals surface area contributed by atoms with Gasteiger partial charge >= 0.3 is 0 Å². The smallest absolute Gasteiger partial charge is 0.238 e. The number of para-hydroxylation sites is 2. The molecule has 0 fully saturated rings. The second-order valence-electron chi connectivity index (χ2n) is 10.2. The highest BCUT2D eigenvalue weighted by Gasteiger charge is 2.20. The monoisotopic (exact) mass is 573 g/mol. The van der Waals surface area contributed by atoms with E-state index in [1.165, 1.54) is 0 Å². The topological polar surface area (TPSA) is 56.7 Å². The Morgan fingerprint density at radius 3 is 2.20 bits per heavy atom. The van der Waals surface area contributed by atoms with Crippen LogP contribution in [-0.4, -0.2) is 19.5 Å². The summed E-state index contributed by atoms with van der Waals surface area (Å²) in [4.78, 5) is 14.8. The van der Waals surface area contributed by atoms with Crippen LogP contribution in [-0.2, 0) is 0 Å². The lowest BCUT2D eigenvalue weighted by Gasteiger charge is -2.11. The number of hydrogen-bond acceptors (Lipinski definition) is 4. The first kappa shape index (κ1) is 17.1. The van der Waals surface area contributed by atoms with Gasteiger partial charge in [-0.2, -0.15) is 9.97 Å². The van der Waals surface area contributed by atoms with Crippen molar-refractivity contribution < 1.29 is 16.8 Å². The van der Waals surface area contributed by atoms with E-state index >= 15 is 0 Å². The van der Waals surface area contributed by atoms with Crippen molar-refractivity contribution in [2.45, 2.75) is 0 Å². The molecule has 0 saturated carbocycles. The molecule has 206 valence electrons. The molecule has 3 aromatic heterocycles. The van der Waals surface area contributed by atoms with Crippen LogP contribution in [0.2, 0.25) is 0 Å². The van der Waals surface area contributed by atoms with E-state index in [0.717, 1.165) is 10.8 Å². The summed E-state index contributed by atoms with van der Waals surface area (Å²) in [5.74, 6) is 0.707. The Balaban J connectivity index is 1.40. The SMILES string of the molecule is [2H]c1c([2H])c([2H])c(-c2ccc3c(c2)c2c([2H])c([2H])c([2H])c([2H])c2n3-c2nc(-c3ccccc3)nc(-c3cccc4oc5ccccc5c34)n2)c([2H])c1[2H]. The van der Waals surface area contributed by atoms with Gasteiger partial charge in [0.05, 0.1) is 23.4 Å². The molecule has 0 atom stereocenters. The third kappa shape index (κ3) is 3.83. The molecular formula is C39H24N4O. The van der Waals surface area contributed by atoms with Crippen LogP contribution in [0.25, 0.3) is 83.6 Å². The molecule has 5 heteroatoms. The maximum atomic E-state index is 9.10. The molecule has 0 N–H and O–H groups in total. The molecule has 0 spiro atoms. The zero-order chi connectivity index (χ0) is 36.9. The van der Waals surface area contributed by atoms with E-state index in [1.54, 1.807) is 22.8 Å². The minimum atomic E-state index is -0.519. The molecule has 0 aliphatic carbocycles. The van der Waals surface area contributed by atoms with Gasteiger partial charge in [0.2, 0.25) is 5.95 Å². The fraction of sp³-hybridized carbons (Fsp3) is 0. The average Bonchev–Trinajstić information content (AvgIpc) is 3.74. The van der Waals surface area contributed by atoms with Gasteiger partial charge in [0, 0.05) is 32.7 Å². The van der Waals surface area contributed by atoms with Crippen LogP contribution in [0.1, 0.15) is 12.3 Å². The first-order chi connectivity index (χ1) is 25.5. The molecule has 3 heterocycles. The van der Waals surface area contributed by atoms with Gasteiger partial charge in [-0.05, 0) is 41.4 Å². The van der Waals surface area contributed by atoms with E-state index in [1.807, 2.05) is 72.8 Å². The van der Waals surface area contributed by atoms with E-state index in [9.17, 15) is 0 Å². The van der Waals surface area contributed by atoms with Crippen LogP contribution in [0.4, 0.5) is 0 Å². The number of nitrogens with zero attached hydrogens (tertiary/aromatic N) is 4. The minimum absolute atomic E-state index is 0.0334.